The summed E-state index contributed by atoms with van der Waals surface area (Å²) in [6.07, 6.45) is 6.12. The number of esters is 1. The van der Waals surface area contributed by atoms with Crippen LogP contribution in [-0.4, -0.2) is 13.1 Å². The van der Waals surface area contributed by atoms with Gasteiger partial charge < -0.3 is 9.47 Å². The molecule has 2 aliphatic rings. The molecule has 0 unspecified atom stereocenters. The zero-order valence-electron chi connectivity index (χ0n) is 11.2. The van der Waals surface area contributed by atoms with Gasteiger partial charge in [0.15, 0.2) is 0 Å². The molecular formula is C16H15ClO3. The minimum atomic E-state index is -0.197. The van der Waals surface area contributed by atoms with Gasteiger partial charge in [-0.2, -0.15) is 0 Å². The summed E-state index contributed by atoms with van der Waals surface area (Å²) in [6.45, 7) is 0. The largest absolute Gasteiger partial charge is 0.497 e. The van der Waals surface area contributed by atoms with E-state index in [2.05, 4.69) is 0 Å². The fourth-order valence-electron chi connectivity index (χ4n) is 2.61. The molecule has 0 N–H and O–H groups in total. The lowest BCUT2D eigenvalue weighted by atomic mass is 9.85. The third-order valence-corrected chi connectivity index (χ3v) is 4.09. The lowest BCUT2D eigenvalue weighted by Gasteiger charge is -2.26. The van der Waals surface area contributed by atoms with Crippen LogP contribution >= 0.6 is 11.6 Å². The van der Waals surface area contributed by atoms with Crippen molar-refractivity contribution in [3.8, 4) is 11.5 Å². The van der Waals surface area contributed by atoms with Gasteiger partial charge in [-0.1, -0.05) is 29.3 Å². The van der Waals surface area contributed by atoms with Crippen molar-refractivity contribution in [1.29, 1.82) is 0 Å². The van der Waals surface area contributed by atoms with Gasteiger partial charge in [0.25, 0.3) is 0 Å². The molecule has 3 rings (SSSR count). The van der Waals surface area contributed by atoms with Crippen molar-refractivity contribution in [2.45, 2.75) is 19.3 Å². The molecule has 1 aromatic carbocycles. The van der Waals surface area contributed by atoms with Crippen molar-refractivity contribution in [2.24, 2.45) is 5.92 Å². The molecule has 4 heteroatoms. The Hall–Kier alpha value is -1.74. The SMILES string of the molecule is COc1ccc2c(c1)OC(=O)[C@H](C1=CC=C(Cl)CC1)C2. The third kappa shape index (κ3) is 2.46. The molecule has 104 valence electrons. The molecule has 0 saturated carbocycles. The van der Waals surface area contributed by atoms with Crippen LogP contribution in [0, 0.1) is 5.92 Å². The molecule has 1 atom stereocenters. The third-order valence-electron chi connectivity index (χ3n) is 3.77. The number of benzene rings is 1. The summed E-state index contributed by atoms with van der Waals surface area (Å²) < 4.78 is 10.6. The van der Waals surface area contributed by atoms with Crippen LogP contribution in [0.1, 0.15) is 18.4 Å². The number of methoxy groups -OCH3 is 1. The van der Waals surface area contributed by atoms with Crippen LogP contribution in [-0.2, 0) is 11.2 Å². The van der Waals surface area contributed by atoms with E-state index in [1.807, 2.05) is 24.3 Å². The van der Waals surface area contributed by atoms with Crippen LogP contribution in [0.2, 0.25) is 0 Å². The Balaban J connectivity index is 1.88. The zero-order valence-corrected chi connectivity index (χ0v) is 11.9. The van der Waals surface area contributed by atoms with Gasteiger partial charge in [-0.15, -0.1) is 0 Å². The van der Waals surface area contributed by atoms with Gasteiger partial charge in [-0.05, 0) is 37.0 Å². The summed E-state index contributed by atoms with van der Waals surface area (Å²) in [4.78, 5) is 12.2. The highest BCUT2D eigenvalue weighted by atomic mass is 35.5. The highest BCUT2D eigenvalue weighted by Gasteiger charge is 2.31. The van der Waals surface area contributed by atoms with E-state index < -0.39 is 0 Å². The molecule has 0 amide bonds. The molecule has 0 saturated heterocycles. The molecular weight excluding hydrogens is 276 g/mol. The molecule has 0 bridgehead atoms. The van der Waals surface area contributed by atoms with Crippen molar-refractivity contribution < 1.29 is 14.3 Å². The number of carbonyl (C=O) groups excluding carboxylic acids is 1. The van der Waals surface area contributed by atoms with Crippen molar-refractivity contribution in [3.63, 3.8) is 0 Å². The van der Waals surface area contributed by atoms with Crippen molar-refractivity contribution in [2.75, 3.05) is 7.11 Å². The van der Waals surface area contributed by atoms with E-state index in [1.54, 1.807) is 13.2 Å². The molecule has 0 aromatic heterocycles. The fraction of sp³-hybridized carbons (Fsp3) is 0.312. The highest BCUT2D eigenvalue weighted by molar-refractivity contribution is 6.29. The summed E-state index contributed by atoms with van der Waals surface area (Å²) in [5, 5.41) is 0.836. The van der Waals surface area contributed by atoms with E-state index in [-0.39, 0.29) is 11.9 Å². The summed E-state index contributed by atoms with van der Waals surface area (Å²) in [5.41, 5.74) is 2.14. The first-order chi connectivity index (χ1) is 9.67. The number of hydrogen-bond donors (Lipinski definition) is 0. The Kier molecular flexibility index (Phi) is 3.53. The van der Waals surface area contributed by atoms with E-state index in [9.17, 15) is 4.79 Å². The predicted molar refractivity (Wildman–Crippen MR) is 77.1 cm³/mol. The minimum absolute atomic E-state index is 0.191. The number of halogens is 1. The second kappa shape index (κ2) is 5.33. The molecule has 0 spiro atoms. The van der Waals surface area contributed by atoms with Gasteiger partial charge >= 0.3 is 5.97 Å². The van der Waals surface area contributed by atoms with Crippen LogP contribution in [0.3, 0.4) is 0 Å². The first-order valence-corrected chi connectivity index (χ1v) is 6.99. The minimum Gasteiger partial charge on any atom is -0.497 e. The Labute approximate surface area is 122 Å². The van der Waals surface area contributed by atoms with Gasteiger partial charge in [0.1, 0.15) is 11.5 Å². The van der Waals surface area contributed by atoms with E-state index in [0.29, 0.717) is 17.9 Å². The summed E-state index contributed by atoms with van der Waals surface area (Å²) in [5.74, 6) is 0.914. The number of carbonyl (C=O) groups is 1. The van der Waals surface area contributed by atoms with Gasteiger partial charge in [0.05, 0.1) is 13.0 Å². The summed E-state index contributed by atoms with van der Waals surface area (Å²) in [6, 6.07) is 5.61. The van der Waals surface area contributed by atoms with Crippen LogP contribution < -0.4 is 9.47 Å². The average molecular weight is 291 g/mol. The second-order valence-electron chi connectivity index (χ2n) is 5.01. The monoisotopic (exact) mass is 290 g/mol. The van der Waals surface area contributed by atoms with Gasteiger partial charge in [0, 0.05) is 11.1 Å². The second-order valence-corrected chi connectivity index (χ2v) is 5.49. The average Bonchev–Trinajstić information content (AvgIpc) is 2.47. The zero-order chi connectivity index (χ0) is 14.1. The quantitative estimate of drug-likeness (QED) is 0.616. The number of hydrogen-bond acceptors (Lipinski definition) is 3. The maximum Gasteiger partial charge on any atom is 0.318 e. The van der Waals surface area contributed by atoms with Crippen molar-refractivity contribution in [3.05, 3.63) is 46.5 Å². The van der Waals surface area contributed by atoms with Crippen LogP contribution in [0.5, 0.6) is 11.5 Å². The van der Waals surface area contributed by atoms with Gasteiger partial charge in [-0.3, -0.25) is 4.79 Å². The normalized spacial score (nSPS) is 21.5. The van der Waals surface area contributed by atoms with E-state index in [1.165, 1.54) is 0 Å². The smallest absolute Gasteiger partial charge is 0.318 e. The molecule has 1 heterocycles. The van der Waals surface area contributed by atoms with E-state index in [4.69, 9.17) is 21.1 Å². The summed E-state index contributed by atoms with van der Waals surface area (Å²) >= 11 is 5.96. The highest BCUT2D eigenvalue weighted by Crippen LogP contribution is 2.36. The van der Waals surface area contributed by atoms with Gasteiger partial charge in [0.2, 0.25) is 0 Å². The Morgan fingerprint density at radius 1 is 1.30 bits per heavy atom. The molecule has 20 heavy (non-hydrogen) atoms. The molecule has 1 aromatic rings. The van der Waals surface area contributed by atoms with Crippen LogP contribution in [0.15, 0.2) is 41.0 Å². The van der Waals surface area contributed by atoms with Crippen molar-refractivity contribution >= 4 is 17.6 Å². The Bertz CT molecular complexity index is 616. The standard InChI is InChI=1S/C16H15ClO3/c1-19-13-7-4-11-8-14(16(18)20-15(11)9-13)10-2-5-12(17)6-3-10/h2,4-5,7,9,14H,3,6,8H2,1H3/t14-/m0/s1. The Morgan fingerprint density at radius 3 is 2.85 bits per heavy atom. The van der Waals surface area contributed by atoms with Crippen LogP contribution in [0.25, 0.3) is 0 Å². The Morgan fingerprint density at radius 2 is 2.15 bits per heavy atom. The molecule has 3 nitrogen and oxygen atoms in total. The van der Waals surface area contributed by atoms with E-state index in [0.717, 1.165) is 29.0 Å². The molecule has 1 aliphatic carbocycles. The van der Waals surface area contributed by atoms with Crippen molar-refractivity contribution in [1.82, 2.24) is 0 Å². The predicted octanol–water partition coefficient (Wildman–Crippen LogP) is 3.62. The lowest BCUT2D eigenvalue weighted by Crippen LogP contribution is -2.29. The molecule has 0 radical (unpaired) electrons. The fourth-order valence-corrected chi connectivity index (χ4v) is 2.77. The number of allylic oxidation sites excluding steroid dienone is 3. The maximum atomic E-state index is 12.2. The van der Waals surface area contributed by atoms with Gasteiger partial charge in [-0.25, -0.2) is 0 Å². The van der Waals surface area contributed by atoms with E-state index >= 15 is 0 Å². The topological polar surface area (TPSA) is 35.5 Å². The first kappa shape index (κ1) is 13.3. The van der Waals surface area contributed by atoms with Crippen LogP contribution in [0.4, 0.5) is 0 Å². The number of fused-ring (bicyclic) bond motifs is 1. The molecule has 1 aliphatic heterocycles. The number of rotatable bonds is 2. The number of ether oxygens (including phenoxy) is 2. The lowest BCUT2D eigenvalue weighted by molar-refractivity contribution is -0.138. The first-order valence-electron chi connectivity index (χ1n) is 6.61. The summed E-state index contributed by atoms with van der Waals surface area (Å²) in [7, 11) is 1.60. The molecule has 0 fully saturated rings. The maximum absolute atomic E-state index is 12.2.